The minimum Gasteiger partial charge on any atom is -0.315 e. The van der Waals surface area contributed by atoms with Gasteiger partial charge < -0.3 is 4.90 Å². The number of hydrogen-bond acceptors (Lipinski definition) is 2. The fourth-order valence-electron chi connectivity index (χ4n) is 4.03. The van der Waals surface area contributed by atoms with Gasteiger partial charge in [-0.25, -0.2) is 4.79 Å². The molecule has 134 valence electrons. The van der Waals surface area contributed by atoms with Gasteiger partial charge in [0.2, 0.25) is 5.91 Å². The summed E-state index contributed by atoms with van der Waals surface area (Å²) < 4.78 is 0. The largest absolute Gasteiger partial charge is 0.327 e. The van der Waals surface area contributed by atoms with Gasteiger partial charge in [0.1, 0.15) is 6.54 Å². The third-order valence-electron chi connectivity index (χ3n) is 6.50. The third-order valence-corrected chi connectivity index (χ3v) is 6.50. The molecule has 1 fully saturated rings. The summed E-state index contributed by atoms with van der Waals surface area (Å²) in [5.74, 6) is -0.0294. The topological polar surface area (TPSA) is 40.6 Å². The summed E-state index contributed by atoms with van der Waals surface area (Å²) >= 11 is 0. The average molecular weight is 325 g/mol. The van der Waals surface area contributed by atoms with Crippen molar-refractivity contribution in [1.29, 1.82) is 0 Å². The first kappa shape index (κ1) is 20.0. The van der Waals surface area contributed by atoms with Gasteiger partial charge in [-0.05, 0) is 37.0 Å². The molecule has 0 atom stereocenters. The van der Waals surface area contributed by atoms with Crippen LogP contribution in [0.25, 0.3) is 0 Å². The highest BCUT2D eigenvalue weighted by molar-refractivity contribution is 6.02. The van der Waals surface area contributed by atoms with Crippen LogP contribution in [0.4, 0.5) is 4.79 Å². The number of imide groups is 1. The SMILES string of the molecule is CCN1CC(=O)N(CC(CC)(CC)CC(CC)(CC)CC)C1=O. The molecule has 0 aliphatic carbocycles. The Bertz CT molecular complexity index is 403. The maximum atomic E-state index is 12.5. The number of likely N-dealkylation sites (N-methyl/N-ethyl adjacent to an activating group) is 1. The van der Waals surface area contributed by atoms with Crippen molar-refractivity contribution >= 4 is 11.9 Å². The van der Waals surface area contributed by atoms with Gasteiger partial charge in [0, 0.05) is 13.1 Å². The molecule has 1 aliphatic heterocycles. The Kier molecular flexibility index (Phi) is 7.09. The van der Waals surface area contributed by atoms with E-state index in [1.165, 1.54) is 4.90 Å². The second kappa shape index (κ2) is 8.16. The Hall–Kier alpha value is -1.06. The summed E-state index contributed by atoms with van der Waals surface area (Å²) in [6.07, 6.45) is 6.59. The molecule has 0 aromatic heterocycles. The number of nitrogens with zero attached hydrogens (tertiary/aromatic N) is 2. The normalized spacial score (nSPS) is 16.6. The number of urea groups is 1. The van der Waals surface area contributed by atoms with Crippen molar-refractivity contribution < 1.29 is 9.59 Å². The van der Waals surface area contributed by atoms with Crippen LogP contribution in [0.3, 0.4) is 0 Å². The molecule has 0 radical (unpaired) electrons. The molecule has 1 rings (SSSR count). The lowest BCUT2D eigenvalue weighted by Gasteiger charge is -2.43. The van der Waals surface area contributed by atoms with E-state index in [-0.39, 0.29) is 23.9 Å². The van der Waals surface area contributed by atoms with Gasteiger partial charge in [0.15, 0.2) is 0 Å². The van der Waals surface area contributed by atoms with E-state index in [0.717, 1.165) is 38.5 Å². The molecule has 4 heteroatoms. The summed E-state index contributed by atoms with van der Waals surface area (Å²) in [5.41, 5.74) is 0.361. The van der Waals surface area contributed by atoms with Crippen LogP contribution in [-0.4, -0.2) is 41.4 Å². The molecule has 0 aromatic rings. The van der Waals surface area contributed by atoms with E-state index in [9.17, 15) is 9.59 Å². The molecule has 0 spiro atoms. The minimum atomic E-state index is -0.0983. The molecular weight excluding hydrogens is 288 g/mol. The summed E-state index contributed by atoms with van der Waals surface area (Å²) in [6, 6.07) is -0.0983. The third kappa shape index (κ3) is 4.07. The molecule has 4 nitrogen and oxygen atoms in total. The first-order valence-corrected chi connectivity index (χ1v) is 9.45. The van der Waals surface area contributed by atoms with Crippen molar-refractivity contribution in [2.24, 2.45) is 10.8 Å². The van der Waals surface area contributed by atoms with Gasteiger partial charge in [-0.2, -0.15) is 0 Å². The zero-order valence-electron chi connectivity index (χ0n) is 16.1. The molecular formula is C19H36N2O2. The van der Waals surface area contributed by atoms with Crippen molar-refractivity contribution in [3.05, 3.63) is 0 Å². The van der Waals surface area contributed by atoms with Crippen molar-refractivity contribution in [2.75, 3.05) is 19.6 Å². The molecule has 1 heterocycles. The molecule has 3 amide bonds. The number of amides is 3. The van der Waals surface area contributed by atoms with Crippen LogP contribution >= 0.6 is 0 Å². The summed E-state index contributed by atoms with van der Waals surface area (Å²) in [4.78, 5) is 27.9. The Morgan fingerprint density at radius 2 is 1.30 bits per heavy atom. The maximum absolute atomic E-state index is 12.5. The summed E-state index contributed by atoms with van der Waals surface area (Å²) in [7, 11) is 0. The van der Waals surface area contributed by atoms with E-state index in [0.29, 0.717) is 18.5 Å². The van der Waals surface area contributed by atoms with Crippen LogP contribution in [-0.2, 0) is 4.79 Å². The van der Waals surface area contributed by atoms with E-state index in [2.05, 4.69) is 34.6 Å². The van der Waals surface area contributed by atoms with Gasteiger partial charge in [-0.3, -0.25) is 9.69 Å². The molecule has 0 saturated carbocycles. The highest BCUT2D eigenvalue weighted by Gasteiger charge is 2.43. The maximum Gasteiger partial charge on any atom is 0.327 e. The lowest BCUT2D eigenvalue weighted by molar-refractivity contribution is -0.126. The fourth-order valence-corrected chi connectivity index (χ4v) is 4.03. The van der Waals surface area contributed by atoms with E-state index in [1.807, 2.05) is 6.92 Å². The Balaban J connectivity index is 3.01. The summed E-state index contributed by atoms with van der Waals surface area (Å²) in [5, 5.41) is 0. The van der Waals surface area contributed by atoms with Crippen LogP contribution < -0.4 is 0 Å². The molecule has 1 aliphatic rings. The summed E-state index contributed by atoms with van der Waals surface area (Å²) in [6.45, 7) is 14.6. The second-order valence-corrected chi connectivity index (χ2v) is 7.22. The highest BCUT2D eigenvalue weighted by Crippen LogP contribution is 2.46. The lowest BCUT2D eigenvalue weighted by atomic mass is 9.64. The first-order chi connectivity index (χ1) is 10.9. The van der Waals surface area contributed by atoms with Crippen molar-refractivity contribution in [2.45, 2.75) is 80.1 Å². The van der Waals surface area contributed by atoms with Crippen molar-refractivity contribution in [1.82, 2.24) is 9.80 Å². The van der Waals surface area contributed by atoms with Gasteiger partial charge in [-0.15, -0.1) is 0 Å². The molecule has 0 bridgehead atoms. The van der Waals surface area contributed by atoms with Gasteiger partial charge in [0.05, 0.1) is 0 Å². The number of hydrogen-bond donors (Lipinski definition) is 0. The number of carbonyl (C=O) groups excluding carboxylic acids is 2. The molecule has 0 aromatic carbocycles. The highest BCUT2D eigenvalue weighted by atomic mass is 16.2. The standard InChI is InChI=1S/C19H36N2O2/c1-7-18(8-2,9-3)14-19(10-4,11-5)15-21-16(22)13-20(12-6)17(21)23/h7-15H2,1-6H3. The molecule has 1 saturated heterocycles. The Morgan fingerprint density at radius 1 is 0.826 bits per heavy atom. The van der Waals surface area contributed by atoms with Gasteiger partial charge in [0.25, 0.3) is 0 Å². The first-order valence-electron chi connectivity index (χ1n) is 9.45. The van der Waals surface area contributed by atoms with E-state index < -0.39 is 0 Å². The molecule has 23 heavy (non-hydrogen) atoms. The quantitative estimate of drug-likeness (QED) is 0.547. The predicted octanol–water partition coefficient (Wildman–Crippen LogP) is 4.68. The predicted molar refractivity (Wildman–Crippen MR) is 95.3 cm³/mol. The van der Waals surface area contributed by atoms with E-state index in [4.69, 9.17) is 0 Å². The second-order valence-electron chi connectivity index (χ2n) is 7.22. The molecule has 0 unspecified atom stereocenters. The average Bonchev–Trinajstić information content (AvgIpc) is 2.86. The van der Waals surface area contributed by atoms with Crippen molar-refractivity contribution in [3.8, 4) is 0 Å². The van der Waals surface area contributed by atoms with E-state index in [1.54, 1.807) is 4.90 Å². The Labute approximate surface area is 142 Å². The van der Waals surface area contributed by atoms with Crippen LogP contribution in [0.2, 0.25) is 0 Å². The Morgan fingerprint density at radius 3 is 1.65 bits per heavy atom. The monoisotopic (exact) mass is 324 g/mol. The van der Waals surface area contributed by atoms with Crippen molar-refractivity contribution in [3.63, 3.8) is 0 Å². The van der Waals surface area contributed by atoms with Gasteiger partial charge >= 0.3 is 6.03 Å². The van der Waals surface area contributed by atoms with E-state index >= 15 is 0 Å². The zero-order valence-corrected chi connectivity index (χ0v) is 16.1. The van der Waals surface area contributed by atoms with Crippen LogP contribution in [0, 0.1) is 10.8 Å². The number of rotatable bonds is 10. The minimum absolute atomic E-state index is 0.0294. The smallest absolute Gasteiger partial charge is 0.315 e. The van der Waals surface area contributed by atoms with Crippen LogP contribution in [0.15, 0.2) is 0 Å². The molecule has 0 N–H and O–H groups in total. The fraction of sp³-hybridized carbons (Fsp3) is 0.895. The van der Waals surface area contributed by atoms with Crippen LogP contribution in [0.1, 0.15) is 80.1 Å². The number of carbonyl (C=O) groups is 2. The lowest BCUT2D eigenvalue weighted by Crippen LogP contribution is -2.44. The zero-order chi connectivity index (χ0) is 17.7. The van der Waals surface area contributed by atoms with Crippen LogP contribution in [0.5, 0.6) is 0 Å². The van der Waals surface area contributed by atoms with Gasteiger partial charge in [-0.1, -0.05) is 53.9 Å².